The molecule has 170 valence electrons. The summed E-state index contributed by atoms with van der Waals surface area (Å²) in [5.41, 5.74) is 3.63. The number of methoxy groups -OCH3 is 1. The number of hydrogen-bond acceptors (Lipinski definition) is 8. The van der Waals surface area contributed by atoms with Gasteiger partial charge >= 0.3 is 0 Å². The van der Waals surface area contributed by atoms with E-state index in [2.05, 4.69) is 31.7 Å². The summed E-state index contributed by atoms with van der Waals surface area (Å²) in [6.45, 7) is 1.48. The number of nitrogens with zero attached hydrogens (tertiary/aromatic N) is 1. The minimum absolute atomic E-state index is 0.0693. The van der Waals surface area contributed by atoms with Gasteiger partial charge in [-0.25, -0.2) is 10.7 Å². The summed E-state index contributed by atoms with van der Waals surface area (Å²) in [5.74, 6) is 0.882. The van der Waals surface area contributed by atoms with Gasteiger partial charge in [0.1, 0.15) is 11.5 Å². The normalized spacial score (nSPS) is 9.25. The van der Waals surface area contributed by atoms with Gasteiger partial charge in [-0.15, -0.1) is 4.99 Å². The van der Waals surface area contributed by atoms with Crippen molar-refractivity contribution >= 4 is 38.9 Å². The first-order chi connectivity index (χ1) is 15.3. The second kappa shape index (κ2) is 14.4. The molecule has 0 heterocycles. The predicted octanol–water partition coefficient (Wildman–Crippen LogP) is 5.22. The maximum atomic E-state index is 10.6. The Morgan fingerprint density at radius 1 is 1.00 bits per heavy atom. The predicted molar refractivity (Wildman–Crippen MR) is 124 cm³/mol. The number of para-hydroxylation sites is 1. The number of phenols is 1. The van der Waals surface area contributed by atoms with E-state index in [1.165, 1.54) is 25.1 Å². The van der Waals surface area contributed by atoms with Crippen molar-refractivity contribution in [3.8, 4) is 11.5 Å². The number of anilines is 2. The maximum Gasteiger partial charge on any atom is 0.283 e. The van der Waals surface area contributed by atoms with Crippen molar-refractivity contribution in [3.63, 3.8) is 0 Å². The fourth-order valence-corrected chi connectivity index (χ4v) is 2.49. The number of amides is 1. The van der Waals surface area contributed by atoms with Crippen molar-refractivity contribution in [2.75, 3.05) is 17.9 Å². The standard InChI is InChI=1S/C9H11NO2.C6H4BrNO2.C6H7NO3/c1-7(11)10-8-3-5-9(12-2)6-4-8;7-5-3-1-2-4-6(5)8(9)10;8-6-3-1-5(2-4-6)7-10-9/h3-6H,1-2H3,(H,10,11);1-4H;1-4,7-9H. The van der Waals surface area contributed by atoms with Crippen molar-refractivity contribution in [3.05, 3.63) is 87.4 Å². The zero-order chi connectivity index (χ0) is 23.9. The van der Waals surface area contributed by atoms with E-state index < -0.39 is 4.92 Å². The van der Waals surface area contributed by atoms with E-state index in [-0.39, 0.29) is 17.3 Å². The monoisotopic (exact) mass is 507 g/mol. The summed E-state index contributed by atoms with van der Waals surface area (Å²) in [7, 11) is 1.60. The highest BCUT2D eigenvalue weighted by atomic mass is 79.9. The number of halogens is 1. The van der Waals surface area contributed by atoms with Crippen LogP contribution in [0.3, 0.4) is 0 Å². The van der Waals surface area contributed by atoms with Crippen LogP contribution in [0.1, 0.15) is 6.92 Å². The summed E-state index contributed by atoms with van der Waals surface area (Å²) < 4.78 is 5.48. The molecule has 10 nitrogen and oxygen atoms in total. The number of aromatic hydroxyl groups is 1. The molecule has 0 atom stereocenters. The van der Waals surface area contributed by atoms with Crippen LogP contribution < -0.4 is 15.5 Å². The number of rotatable bonds is 5. The van der Waals surface area contributed by atoms with Gasteiger partial charge in [0.2, 0.25) is 5.91 Å². The number of carbonyl (C=O) groups is 1. The van der Waals surface area contributed by atoms with Crippen molar-refractivity contribution in [2.24, 2.45) is 0 Å². The Morgan fingerprint density at radius 2 is 1.56 bits per heavy atom. The van der Waals surface area contributed by atoms with Crippen LogP contribution in [-0.4, -0.2) is 28.3 Å². The molecule has 1 amide bonds. The Bertz CT molecular complexity index is 983. The first-order valence-electron chi connectivity index (χ1n) is 8.92. The number of hydrogen-bond donors (Lipinski definition) is 4. The number of ether oxygens (including phenoxy) is 1. The molecule has 0 saturated carbocycles. The van der Waals surface area contributed by atoms with Crippen LogP contribution in [0, 0.1) is 10.1 Å². The summed E-state index contributed by atoms with van der Waals surface area (Å²) in [6.07, 6.45) is 0. The molecule has 0 aliphatic rings. The van der Waals surface area contributed by atoms with E-state index in [9.17, 15) is 14.9 Å². The lowest BCUT2D eigenvalue weighted by molar-refractivity contribution is -0.385. The smallest absolute Gasteiger partial charge is 0.283 e. The Kier molecular flexibility index (Phi) is 11.8. The van der Waals surface area contributed by atoms with E-state index in [4.69, 9.17) is 15.1 Å². The average molecular weight is 508 g/mol. The highest BCUT2D eigenvalue weighted by Gasteiger charge is 2.07. The first kappa shape index (κ1) is 26.4. The van der Waals surface area contributed by atoms with Crippen molar-refractivity contribution < 1.29 is 29.8 Å². The number of phenolic OH excluding ortho intramolecular Hbond substituents is 1. The summed E-state index contributed by atoms with van der Waals surface area (Å²) in [4.78, 5) is 24.0. The topological polar surface area (TPSA) is 143 Å². The van der Waals surface area contributed by atoms with Crippen LogP contribution >= 0.6 is 15.9 Å². The molecule has 0 bridgehead atoms. The average Bonchev–Trinajstić information content (AvgIpc) is 2.77. The van der Waals surface area contributed by atoms with E-state index in [0.29, 0.717) is 10.2 Å². The highest BCUT2D eigenvalue weighted by molar-refractivity contribution is 9.10. The third kappa shape index (κ3) is 10.4. The fraction of sp³-hybridized carbons (Fsp3) is 0.0952. The largest absolute Gasteiger partial charge is 0.508 e. The molecular formula is C21H22BrN3O7. The van der Waals surface area contributed by atoms with Crippen molar-refractivity contribution in [1.82, 2.24) is 0 Å². The molecule has 3 aromatic carbocycles. The minimum atomic E-state index is -0.427. The molecule has 0 unspecified atom stereocenters. The van der Waals surface area contributed by atoms with Crippen LogP contribution in [0.5, 0.6) is 11.5 Å². The lowest BCUT2D eigenvalue weighted by atomic mass is 10.3. The Balaban J connectivity index is 0.000000241. The summed E-state index contributed by atoms with van der Waals surface area (Å²) in [6, 6.07) is 19.7. The molecule has 0 fully saturated rings. The molecule has 0 aliphatic carbocycles. The number of benzene rings is 3. The van der Waals surface area contributed by atoms with E-state index in [0.717, 1.165) is 11.4 Å². The molecule has 11 heteroatoms. The maximum absolute atomic E-state index is 10.6. The van der Waals surface area contributed by atoms with E-state index >= 15 is 0 Å². The second-order valence-electron chi connectivity index (χ2n) is 5.86. The zero-order valence-corrected chi connectivity index (χ0v) is 18.8. The Hall–Kier alpha value is -3.67. The van der Waals surface area contributed by atoms with Crippen LogP contribution in [0.25, 0.3) is 0 Å². The summed E-state index contributed by atoms with van der Waals surface area (Å²) >= 11 is 3.06. The third-order valence-electron chi connectivity index (χ3n) is 3.49. The first-order valence-corrected chi connectivity index (χ1v) is 9.72. The molecule has 0 spiro atoms. The van der Waals surface area contributed by atoms with Crippen LogP contribution in [0.4, 0.5) is 17.1 Å². The zero-order valence-electron chi connectivity index (χ0n) is 17.2. The van der Waals surface area contributed by atoms with Gasteiger partial charge in [0.15, 0.2) is 0 Å². The van der Waals surface area contributed by atoms with E-state index in [1.807, 2.05) is 0 Å². The Labute approximate surface area is 192 Å². The third-order valence-corrected chi connectivity index (χ3v) is 4.16. The van der Waals surface area contributed by atoms with Gasteiger partial charge in [-0.05, 0) is 70.5 Å². The van der Waals surface area contributed by atoms with E-state index in [1.54, 1.807) is 61.7 Å². The summed E-state index contributed by atoms with van der Waals surface area (Å²) in [5, 5.41) is 29.6. The fourth-order valence-electron chi connectivity index (χ4n) is 2.06. The van der Waals surface area contributed by atoms with Gasteiger partial charge in [-0.2, -0.15) is 0 Å². The quantitative estimate of drug-likeness (QED) is 0.159. The van der Waals surface area contributed by atoms with Gasteiger partial charge in [-0.3, -0.25) is 14.9 Å². The van der Waals surface area contributed by atoms with Crippen LogP contribution in [0.2, 0.25) is 0 Å². The highest BCUT2D eigenvalue weighted by Crippen LogP contribution is 2.22. The van der Waals surface area contributed by atoms with Crippen LogP contribution in [-0.2, 0) is 9.78 Å². The lowest BCUT2D eigenvalue weighted by Crippen LogP contribution is -2.05. The van der Waals surface area contributed by atoms with Gasteiger partial charge in [0.05, 0.1) is 22.2 Å². The van der Waals surface area contributed by atoms with Gasteiger partial charge in [-0.1, -0.05) is 12.1 Å². The van der Waals surface area contributed by atoms with Crippen LogP contribution in [0.15, 0.2) is 77.3 Å². The molecule has 0 saturated heterocycles. The van der Waals surface area contributed by atoms with Crippen molar-refractivity contribution in [1.29, 1.82) is 0 Å². The number of nitro groups is 1. The van der Waals surface area contributed by atoms with Gasteiger partial charge in [0, 0.05) is 18.7 Å². The molecule has 3 aromatic rings. The molecule has 3 rings (SSSR count). The molecule has 0 radical (unpaired) electrons. The van der Waals surface area contributed by atoms with Crippen molar-refractivity contribution in [2.45, 2.75) is 6.92 Å². The SMILES string of the molecule is COc1ccc(NC(C)=O)cc1.O=[N+]([O-])c1ccccc1Br.OONc1ccc(O)cc1. The number of nitrogens with one attached hydrogen (secondary N) is 2. The number of nitro benzene ring substituents is 1. The molecule has 32 heavy (non-hydrogen) atoms. The Morgan fingerprint density at radius 3 is 2.00 bits per heavy atom. The number of carbonyl (C=O) groups excluding carboxylic acids is 1. The molecule has 0 aromatic heterocycles. The minimum Gasteiger partial charge on any atom is -0.508 e. The molecular weight excluding hydrogens is 486 g/mol. The second-order valence-corrected chi connectivity index (χ2v) is 6.71. The lowest BCUT2D eigenvalue weighted by Gasteiger charge is -2.02. The van der Waals surface area contributed by atoms with Gasteiger partial charge < -0.3 is 15.2 Å². The molecule has 0 aliphatic heterocycles. The van der Waals surface area contributed by atoms with Gasteiger partial charge in [0.25, 0.3) is 5.69 Å². The molecule has 4 N–H and O–H groups in total.